The Morgan fingerprint density at radius 1 is 1.53 bits per heavy atom. The third-order valence-corrected chi connectivity index (χ3v) is 3.34. The fourth-order valence-corrected chi connectivity index (χ4v) is 2.15. The number of nitrogens with zero attached hydrogens (tertiary/aromatic N) is 1. The molecule has 102 valence electrons. The molecule has 0 saturated heterocycles. The largest absolute Gasteiger partial charge is 0.461 e. The number of rotatable bonds is 6. The maximum absolute atomic E-state index is 12.1. The molecule has 0 aliphatic carbocycles. The second-order valence-electron chi connectivity index (χ2n) is 4.05. The van der Waals surface area contributed by atoms with Gasteiger partial charge in [-0.3, -0.25) is 4.79 Å². The molecule has 19 heavy (non-hydrogen) atoms. The summed E-state index contributed by atoms with van der Waals surface area (Å²) in [5, 5.41) is 6.71. The standard InChI is InChI=1S/C13H16N2O3S/c1-9-11(13(16)14-6-4-8-19-2)12(18-15-9)10-5-3-7-17-10/h3,5,7H,4,6,8H2,1-2H3,(H,14,16). The van der Waals surface area contributed by atoms with Crippen molar-refractivity contribution in [2.75, 3.05) is 18.6 Å². The Balaban J connectivity index is 2.11. The molecule has 0 radical (unpaired) electrons. The molecule has 0 spiro atoms. The lowest BCUT2D eigenvalue weighted by Gasteiger charge is -2.04. The number of aryl methyl sites for hydroxylation is 1. The number of hydrogen-bond acceptors (Lipinski definition) is 5. The molecule has 0 fully saturated rings. The molecule has 2 heterocycles. The SMILES string of the molecule is CSCCCNC(=O)c1c(C)noc1-c1ccco1. The number of furan rings is 1. The van der Waals surface area contributed by atoms with Crippen molar-refractivity contribution in [3.8, 4) is 11.5 Å². The average Bonchev–Trinajstić information content (AvgIpc) is 3.03. The van der Waals surface area contributed by atoms with Crippen molar-refractivity contribution >= 4 is 17.7 Å². The molecule has 0 saturated carbocycles. The fourth-order valence-electron chi connectivity index (χ4n) is 1.72. The first-order chi connectivity index (χ1) is 9.24. The van der Waals surface area contributed by atoms with Crippen molar-refractivity contribution in [3.63, 3.8) is 0 Å². The predicted molar refractivity (Wildman–Crippen MR) is 74.3 cm³/mol. The van der Waals surface area contributed by atoms with Crippen LogP contribution in [0.2, 0.25) is 0 Å². The second-order valence-corrected chi connectivity index (χ2v) is 5.04. The highest BCUT2D eigenvalue weighted by atomic mass is 32.2. The maximum Gasteiger partial charge on any atom is 0.257 e. The first-order valence-electron chi connectivity index (χ1n) is 6.01. The first kappa shape index (κ1) is 13.7. The van der Waals surface area contributed by atoms with E-state index in [9.17, 15) is 4.79 Å². The van der Waals surface area contributed by atoms with Crippen LogP contribution < -0.4 is 5.32 Å². The zero-order valence-corrected chi connectivity index (χ0v) is 11.8. The van der Waals surface area contributed by atoms with Crippen LogP contribution >= 0.6 is 11.8 Å². The van der Waals surface area contributed by atoms with Crippen molar-refractivity contribution in [1.29, 1.82) is 0 Å². The zero-order valence-electron chi connectivity index (χ0n) is 10.9. The molecule has 6 heteroatoms. The normalized spacial score (nSPS) is 10.6. The molecule has 0 unspecified atom stereocenters. The molecule has 2 aromatic rings. The summed E-state index contributed by atoms with van der Waals surface area (Å²) < 4.78 is 10.4. The van der Waals surface area contributed by atoms with Gasteiger partial charge in [0.05, 0.1) is 12.0 Å². The van der Waals surface area contributed by atoms with Crippen LogP contribution in [0.1, 0.15) is 22.5 Å². The topological polar surface area (TPSA) is 68.3 Å². The summed E-state index contributed by atoms with van der Waals surface area (Å²) in [5.74, 6) is 1.74. The van der Waals surface area contributed by atoms with Crippen molar-refractivity contribution in [1.82, 2.24) is 10.5 Å². The molecule has 1 amide bonds. The lowest BCUT2D eigenvalue weighted by Crippen LogP contribution is -2.25. The molecule has 0 aromatic carbocycles. The van der Waals surface area contributed by atoms with E-state index in [-0.39, 0.29) is 5.91 Å². The van der Waals surface area contributed by atoms with E-state index >= 15 is 0 Å². The molecule has 2 aromatic heterocycles. The smallest absolute Gasteiger partial charge is 0.257 e. The highest BCUT2D eigenvalue weighted by molar-refractivity contribution is 7.98. The van der Waals surface area contributed by atoms with E-state index in [4.69, 9.17) is 8.94 Å². The molecule has 1 N–H and O–H groups in total. The van der Waals surface area contributed by atoms with E-state index in [0.29, 0.717) is 29.3 Å². The van der Waals surface area contributed by atoms with Gasteiger partial charge in [0.1, 0.15) is 5.56 Å². The lowest BCUT2D eigenvalue weighted by atomic mass is 10.1. The minimum Gasteiger partial charge on any atom is -0.461 e. The Hall–Kier alpha value is -1.69. The van der Waals surface area contributed by atoms with Gasteiger partial charge >= 0.3 is 0 Å². The number of thioether (sulfide) groups is 1. The van der Waals surface area contributed by atoms with Crippen molar-refractivity contribution in [2.45, 2.75) is 13.3 Å². The summed E-state index contributed by atoms with van der Waals surface area (Å²) in [6.07, 6.45) is 4.52. The van der Waals surface area contributed by atoms with Gasteiger partial charge in [-0.05, 0) is 37.5 Å². The summed E-state index contributed by atoms with van der Waals surface area (Å²) in [4.78, 5) is 12.1. The van der Waals surface area contributed by atoms with E-state index in [2.05, 4.69) is 10.5 Å². The Morgan fingerprint density at radius 2 is 2.37 bits per heavy atom. The Morgan fingerprint density at radius 3 is 3.05 bits per heavy atom. The van der Waals surface area contributed by atoms with Gasteiger partial charge in [-0.15, -0.1) is 0 Å². The summed E-state index contributed by atoms with van der Waals surface area (Å²) in [6.45, 7) is 2.38. The fraction of sp³-hybridized carbons (Fsp3) is 0.385. The van der Waals surface area contributed by atoms with Crippen LogP contribution in [0.4, 0.5) is 0 Å². The second kappa shape index (κ2) is 6.47. The summed E-state index contributed by atoms with van der Waals surface area (Å²) in [7, 11) is 0. The van der Waals surface area contributed by atoms with Gasteiger partial charge < -0.3 is 14.3 Å². The highest BCUT2D eigenvalue weighted by Gasteiger charge is 2.22. The third-order valence-electron chi connectivity index (χ3n) is 2.65. The minimum absolute atomic E-state index is 0.175. The van der Waals surface area contributed by atoms with Gasteiger partial charge in [-0.25, -0.2) is 0 Å². The third kappa shape index (κ3) is 3.20. The van der Waals surface area contributed by atoms with Crippen LogP contribution in [0.5, 0.6) is 0 Å². The van der Waals surface area contributed by atoms with E-state index in [1.54, 1.807) is 30.8 Å². The molecule has 2 rings (SSSR count). The summed E-state index contributed by atoms with van der Waals surface area (Å²) in [5.41, 5.74) is 1.01. The van der Waals surface area contributed by atoms with E-state index in [1.807, 2.05) is 6.26 Å². The number of nitrogens with one attached hydrogen (secondary N) is 1. The van der Waals surface area contributed by atoms with Gasteiger partial charge in [0.15, 0.2) is 5.76 Å². The van der Waals surface area contributed by atoms with Gasteiger partial charge in [-0.2, -0.15) is 11.8 Å². The van der Waals surface area contributed by atoms with Crippen LogP contribution in [0, 0.1) is 6.92 Å². The Bertz CT molecular complexity index is 534. The predicted octanol–water partition coefficient (Wildman–Crippen LogP) is 2.73. The zero-order chi connectivity index (χ0) is 13.7. The Kier molecular flexibility index (Phi) is 4.68. The van der Waals surface area contributed by atoms with Crippen LogP contribution in [0.25, 0.3) is 11.5 Å². The van der Waals surface area contributed by atoms with Gasteiger partial charge in [0, 0.05) is 6.54 Å². The van der Waals surface area contributed by atoms with Gasteiger partial charge in [-0.1, -0.05) is 5.16 Å². The maximum atomic E-state index is 12.1. The quantitative estimate of drug-likeness (QED) is 0.824. The number of aromatic nitrogens is 1. The van der Waals surface area contributed by atoms with Gasteiger partial charge in [0.2, 0.25) is 5.76 Å². The molecule has 0 aliphatic rings. The number of carbonyl (C=O) groups is 1. The number of amides is 1. The minimum atomic E-state index is -0.175. The monoisotopic (exact) mass is 280 g/mol. The number of carbonyl (C=O) groups excluding carboxylic acids is 1. The van der Waals surface area contributed by atoms with Crippen molar-refractivity contribution in [3.05, 3.63) is 29.7 Å². The van der Waals surface area contributed by atoms with Gasteiger partial charge in [0.25, 0.3) is 5.91 Å². The molecule has 0 atom stereocenters. The molecular formula is C13H16N2O3S. The Labute approximate surface area is 115 Å². The highest BCUT2D eigenvalue weighted by Crippen LogP contribution is 2.26. The van der Waals surface area contributed by atoms with E-state index < -0.39 is 0 Å². The molecule has 0 aliphatic heterocycles. The lowest BCUT2D eigenvalue weighted by molar-refractivity contribution is 0.0953. The van der Waals surface area contributed by atoms with Crippen LogP contribution in [0.15, 0.2) is 27.3 Å². The van der Waals surface area contributed by atoms with E-state index in [1.165, 1.54) is 6.26 Å². The van der Waals surface area contributed by atoms with Crippen LogP contribution in [-0.2, 0) is 0 Å². The number of hydrogen-bond donors (Lipinski definition) is 1. The summed E-state index contributed by atoms with van der Waals surface area (Å²) in [6, 6.07) is 3.48. The van der Waals surface area contributed by atoms with E-state index in [0.717, 1.165) is 12.2 Å². The first-order valence-corrected chi connectivity index (χ1v) is 7.40. The molecule has 5 nitrogen and oxygen atoms in total. The van der Waals surface area contributed by atoms with Crippen LogP contribution in [0.3, 0.4) is 0 Å². The summed E-state index contributed by atoms with van der Waals surface area (Å²) >= 11 is 1.76. The van der Waals surface area contributed by atoms with Crippen LogP contribution in [-0.4, -0.2) is 29.6 Å². The van der Waals surface area contributed by atoms with Crippen molar-refractivity contribution in [2.24, 2.45) is 0 Å². The molecule has 0 bridgehead atoms. The van der Waals surface area contributed by atoms with Crippen molar-refractivity contribution < 1.29 is 13.7 Å². The molecular weight excluding hydrogens is 264 g/mol. The average molecular weight is 280 g/mol.